The summed E-state index contributed by atoms with van der Waals surface area (Å²) in [7, 11) is 0. The summed E-state index contributed by atoms with van der Waals surface area (Å²) in [5, 5.41) is 1.12. The molecule has 9 aromatic rings. The molecule has 0 unspecified atom stereocenters. The zero-order valence-electron chi connectivity index (χ0n) is 37.7. The highest BCUT2D eigenvalue weighted by molar-refractivity contribution is 7.16. The second-order valence-electron chi connectivity index (χ2n) is 17.1. The molecule has 0 bridgehead atoms. The molecule has 4 aromatic heterocycles. The van der Waals surface area contributed by atoms with Crippen LogP contribution in [-0.2, 0) is 6.42 Å². The molecule has 4 heterocycles. The van der Waals surface area contributed by atoms with E-state index < -0.39 is 0 Å². The van der Waals surface area contributed by atoms with Crippen LogP contribution in [0.15, 0.2) is 127 Å². The van der Waals surface area contributed by atoms with Gasteiger partial charge in [0.2, 0.25) is 0 Å². The first kappa shape index (κ1) is 45.7. The first-order valence-corrected chi connectivity index (χ1v) is 23.2. The SMILES string of the molecule is CC(C)c1ccc2c(c1)C=CC2.CC(C)c1ccc2nccnc2c1.CC(C)c1ccc2ncncc2c1.CC(C)c1ccc2ncsc2c1.CC(C)c1ccc2nsnc2c1. The number of allylic oxidation sites excluding steroid dienone is 1. The third kappa shape index (κ3) is 12.4. The van der Waals surface area contributed by atoms with Gasteiger partial charge in [-0.2, -0.15) is 8.75 Å². The van der Waals surface area contributed by atoms with Crippen LogP contribution < -0.4 is 0 Å². The molecule has 0 saturated carbocycles. The van der Waals surface area contributed by atoms with Crippen molar-refractivity contribution in [2.24, 2.45) is 0 Å². The van der Waals surface area contributed by atoms with Gasteiger partial charge in [-0.15, -0.1) is 11.3 Å². The zero-order chi connectivity index (χ0) is 44.2. The first-order chi connectivity index (χ1) is 29.9. The largest absolute Gasteiger partial charge is 0.253 e. The molecule has 9 heteroatoms. The topological polar surface area (TPSA) is 90.2 Å². The minimum Gasteiger partial charge on any atom is -0.253 e. The normalized spacial score (nSPS) is 11.7. The Balaban J connectivity index is 0.000000129. The number of aromatic nitrogens is 7. The molecule has 62 heavy (non-hydrogen) atoms. The quantitative estimate of drug-likeness (QED) is 0.170. The molecule has 7 nitrogen and oxygen atoms in total. The highest BCUT2D eigenvalue weighted by atomic mass is 32.1. The van der Waals surface area contributed by atoms with Crippen LogP contribution in [0.2, 0.25) is 0 Å². The van der Waals surface area contributed by atoms with E-state index in [-0.39, 0.29) is 0 Å². The van der Waals surface area contributed by atoms with Gasteiger partial charge in [-0.1, -0.05) is 124 Å². The lowest BCUT2D eigenvalue weighted by atomic mass is 9.99. The molecule has 0 spiro atoms. The second kappa shape index (κ2) is 21.8. The standard InChI is InChI=1S/C12H14.2C11H12N2.C10H11NS.C9H10N2S/c1-9(2)11-7-6-10-4-3-5-12(10)8-11;1-8(2)9-3-4-11-10(5-9)6-12-7-13-11;1-8(2)9-3-4-10-11(7-9)13-6-5-12-10;1-7(2)8-3-4-9-10(5-8)12-6-11-9;1-6(2)7-3-4-8-9(5-7)11-12-10-8/h3,5-9H,4H2,1-2H3;2*3-8H,1-2H3;3-7H,1-2H3;3-6H,1-2H3. The van der Waals surface area contributed by atoms with Crippen LogP contribution in [0.3, 0.4) is 0 Å². The van der Waals surface area contributed by atoms with Crippen molar-refractivity contribution in [3.05, 3.63) is 166 Å². The molecule has 1 aliphatic carbocycles. The van der Waals surface area contributed by atoms with E-state index in [0.29, 0.717) is 29.6 Å². The molecule has 0 radical (unpaired) electrons. The van der Waals surface area contributed by atoms with Crippen LogP contribution >= 0.6 is 23.1 Å². The number of hydrogen-bond donors (Lipinski definition) is 0. The molecular formula is C53H59N7S2. The van der Waals surface area contributed by atoms with Crippen molar-refractivity contribution in [2.45, 2.75) is 105 Å². The number of thiazole rings is 1. The Hall–Kier alpha value is -5.77. The number of benzene rings is 5. The molecule has 0 aliphatic heterocycles. The van der Waals surface area contributed by atoms with Crippen molar-refractivity contribution in [2.75, 3.05) is 0 Å². The van der Waals surface area contributed by atoms with Gasteiger partial charge in [0, 0.05) is 24.0 Å². The van der Waals surface area contributed by atoms with Gasteiger partial charge < -0.3 is 0 Å². The maximum atomic E-state index is 4.26. The Morgan fingerprint density at radius 1 is 0.468 bits per heavy atom. The molecular weight excluding hydrogens is 799 g/mol. The van der Waals surface area contributed by atoms with E-state index in [1.165, 1.54) is 55.4 Å². The van der Waals surface area contributed by atoms with Crippen LogP contribution in [0, 0.1) is 0 Å². The molecule has 1 aliphatic rings. The van der Waals surface area contributed by atoms with E-state index in [1.54, 1.807) is 30.1 Å². The maximum absolute atomic E-state index is 4.26. The van der Waals surface area contributed by atoms with Gasteiger partial charge in [0.05, 0.1) is 44.0 Å². The number of fused-ring (bicyclic) bond motifs is 5. The average Bonchev–Trinajstić information content (AvgIpc) is 4.08. The van der Waals surface area contributed by atoms with Crippen molar-refractivity contribution < 1.29 is 0 Å². The Morgan fingerprint density at radius 3 is 1.68 bits per heavy atom. The van der Waals surface area contributed by atoms with Gasteiger partial charge in [-0.05, 0) is 123 Å². The summed E-state index contributed by atoms with van der Waals surface area (Å²) in [6.45, 7) is 22.0. The average molecular weight is 858 g/mol. The van der Waals surface area contributed by atoms with Crippen molar-refractivity contribution in [1.82, 2.24) is 33.7 Å². The summed E-state index contributed by atoms with van der Waals surface area (Å²) in [6.07, 6.45) is 12.5. The number of hydrogen-bond acceptors (Lipinski definition) is 9. The van der Waals surface area contributed by atoms with E-state index >= 15 is 0 Å². The zero-order valence-corrected chi connectivity index (χ0v) is 39.4. The molecule has 0 atom stereocenters. The predicted molar refractivity (Wildman–Crippen MR) is 266 cm³/mol. The smallest absolute Gasteiger partial charge is 0.116 e. The molecule has 0 N–H and O–H groups in total. The Labute approximate surface area is 375 Å². The van der Waals surface area contributed by atoms with Crippen LogP contribution in [0.1, 0.15) is 138 Å². The molecule has 318 valence electrons. The van der Waals surface area contributed by atoms with Crippen LogP contribution in [0.5, 0.6) is 0 Å². The molecule has 10 rings (SSSR count). The van der Waals surface area contributed by atoms with Gasteiger partial charge in [-0.3, -0.25) is 9.97 Å². The Kier molecular flexibility index (Phi) is 16.1. The van der Waals surface area contributed by atoms with E-state index in [2.05, 4.69) is 188 Å². The lowest BCUT2D eigenvalue weighted by molar-refractivity contribution is 0.865. The van der Waals surface area contributed by atoms with E-state index in [0.717, 1.165) is 44.9 Å². The van der Waals surface area contributed by atoms with Crippen molar-refractivity contribution >= 4 is 72.3 Å². The second-order valence-corrected chi connectivity index (χ2v) is 18.5. The summed E-state index contributed by atoms with van der Waals surface area (Å²) in [6, 6.07) is 32.1. The summed E-state index contributed by atoms with van der Waals surface area (Å²) < 4.78 is 9.63. The fourth-order valence-corrected chi connectivity index (χ4v) is 7.96. The Morgan fingerprint density at radius 2 is 1.00 bits per heavy atom. The summed E-state index contributed by atoms with van der Waals surface area (Å²) in [5.74, 6) is 2.92. The third-order valence-electron chi connectivity index (χ3n) is 10.8. The summed E-state index contributed by atoms with van der Waals surface area (Å²) in [4.78, 5) is 20.9. The molecule has 0 saturated heterocycles. The van der Waals surface area contributed by atoms with Gasteiger partial charge in [-0.25, -0.2) is 15.0 Å². The van der Waals surface area contributed by atoms with Crippen molar-refractivity contribution in [1.29, 1.82) is 0 Å². The van der Waals surface area contributed by atoms with Gasteiger partial charge >= 0.3 is 0 Å². The number of rotatable bonds is 5. The van der Waals surface area contributed by atoms with Crippen LogP contribution in [-0.4, -0.2) is 33.7 Å². The van der Waals surface area contributed by atoms with Gasteiger partial charge in [0.1, 0.15) is 17.4 Å². The van der Waals surface area contributed by atoms with E-state index in [9.17, 15) is 0 Å². The predicted octanol–water partition coefficient (Wildman–Crippen LogP) is 15.1. The van der Waals surface area contributed by atoms with Gasteiger partial charge in [0.25, 0.3) is 0 Å². The summed E-state index contributed by atoms with van der Waals surface area (Å²) in [5.41, 5.74) is 17.7. The fourth-order valence-electron chi connectivity index (χ4n) is 6.72. The van der Waals surface area contributed by atoms with Crippen LogP contribution in [0.4, 0.5) is 0 Å². The monoisotopic (exact) mass is 857 g/mol. The van der Waals surface area contributed by atoms with E-state index in [4.69, 9.17) is 0 Å². The maximum Gasteiger partial charge on any atom is 0.116 e. The Bertz CT molecular complexity index is 2690. The minimum atomic E-state index is 0.548. The lowest BCUT2D eigenvalue weighted by Gasteiger charge is -2.07. The van der Waals surface area contributed by atoms with Crippen molar-refractivity contribution in [3.8, 4) is 0 Å². The van der Waals surface area contributed by atoms with Crippen LogP contribution in [0.25, 0.3) is 49.3 Å². The van der Waals surface area contributed by atoms with Crippen molar-refractivity contribution in [3.63, 3.8) is 0 Å². The highest BCUT2D eigenvalue weighted by Gasteiger charge is 2.07. The molecule has 0 amide bonds. The minimum absolute atomic E-state index is 0.548. The highest BCUT2D eigenvalue weighted by Crippen LogP contribution is 2.26. The summed E-state index contributed by atoms with van der Waals surface area (Å²) >= 11 is 2.98. The van der Waals surface area contributed by atoms with Gasteiger partial charge in [0.15, 0.2) is 0 Å². The number of nitrogens with zero attached hydrogens (tertiary/aromatic N) is 7. The fraction of sp³-hybridized carbons (Fsp3) is 0.302. The van der Waals surface area contributed by atoms with E-state index in [1.807, 2.05) is 29.9 Å². The lowest BCUT2D eigenvalue weighted by Crippen LogP contribution is -1.89. The third-order valence-corrected chi connectivity index (χ3v) is 12.1. The molecule has 0 fully saturated rings. The first-order valence-electron chi connectivity index (χ1n) is 21.6. The molecule has 5 aromatic carbocycles.